The standard InChI is InChI=1S/C36H37F2N9O6/c37-25-13-21-27(46(19-1-2-19)17-23(31(21)48)33(50)51)15-29(25)42-5-9-44(10-6-42)35(39)41-36(40)45-11-7-43(8-12-45)30-16-28-22(14-26(30)38)32(49)24(34(52)53)18-47(28)20-3-4-20/h13-20H,1-12H2,(H,50,51)(H,52,53)(H3,39,40,41). The van der Waals surface area contributed by atoms with Crippen LogP contribution in [0, 0.1) is 17.0 Å². The van der Waals surface area contributed by atoms with Crippen molar-refractivity contribution in [2.24, 2.45) is 10.7 Å². The average Bonchev–Trinajstić information content (AvgIpc) is 4.07. The van der Waals surface area contributed by atoms with E-state index in [0.29, 0.717) is 74.8 Å². The zero-order chi connectivity index (χ0) is 37.3. The molecule has 4 fully saturated rings. The number of halogens is 2. The minimum Gasteiger partial charge on any atom is -0.477 e. The van der Waals surface area contributed by atoms with Crippen molar-refractivity contribution >= 4 is 57.0 Å². The summed E-state index contributed by atoms with van der Waals surface area (Å²) in [7, 11) is 0. The van der Waals surface area contributed by atoms with Crippen LogP contribution in [0.3, 0.4) is 0 Å². The quantitative estimate of drug-likeness (QED) is 0.169. The fourth-order valence-electron chi connectivity index (χ4n) is 7.40. The summed E-state index contributed by atoms with van der Waals surface area (Å²) in [5, 5.41) is 27.8. The van der Waals surface area contributed by atoms with Gasteiger partial charge in [-0.25, -0.2) is 18.4 Å². The fourth-order valence-corrected chi connectivity index (χ4v) is 7.40. The van der Waals surface area contributed by atoms with Gasteiger partial charge in [-0.3, -0.25) is 15.0 Å². The number of nitrogens with zero attached hydrogens (tertiary/aromatic N) is 7. The Bertz CT molecular complexity index is 2370. The first-order valence-electron chi connectivity index (χ1n) is 17.6. The Labute approximate surface area is 300 Å². The monoisotopic (exact) mass is 729 g/mol. The van der Waals surface area contributed by atoms with Crippen LogP contribution in [0.15, 0.2) is 51.2 Å². The number of aromatic carboxylic acids is 2. The van der Waals surface area contributed by atoms with Crippen LogP contribution in [0.25, 0.3) is 21.8 Å². The van der Waals surface area contributed by atoms with E-state index in [0.717, 1.165) is 37.8 Å². The maximum absolute atomic E-state index is 15.4. The van der Waals surface area contributed by atoms with E-state index in [1.807, 2.05) is 9.80 Å². The van der Waals surface area contributed by atoms with Crippen molar-refractivity contribution in [3.05, 3.63) is 79.9 Å². The number of nitrogens with two attached hydrogens (primary N) is 1. The largest absolute Gasteiger partial charge is 0.477 e. The Kier molecular flexibility index (Phi) is 8.30. The average molecular weight is 730 g/mol. The number of piperazine rings is 2. The van der Waals surface area contributed by atoms with Gasteiger partial charge in [0.2, 0.25) is 16.8 Å². The third kappa shape index (κ3) is 6.18. The van der Waals surface area contributed by atoms with Gasteiger partial charge in [-0.15, -0.1) is 0 Å². The molecular weight excluding hydrogens is 692 g/mol. The molecular formula is C36H37F2N9O6. The first kappa shape index (κ1) is 34.1. The summed E-state index contributed by atoms with van der Waals surface area (Å²) in [5.41, 5.74) is 5.72. The Morgan fingerprint density at radius 2 is 1.08 bits per heavy atom. The smallest absolute Gasteiger partial charge is 0.341 e. The highest BCUT2D eigenvalue weighted by Crippen LogP contribution is 2.39. The van der Waals surface area contributed by atoms with Gasteiger partial charge in [0.1, 0.15) is 22.8 Å². The van der Waals surface area contributed by atoms with E-state index in [9.17, 15) is 29.4 Å². The van der Waals surface area contributed by atoms with Crippen molar-refractivity contribution in [1.29, 1.82) is 5.41 Å². The van der Waals surface area contributed by atoms with Crippen molar-refractivity contribution in [1.82, 2.24) is 18.9 Å². The summed E-state index contributed by atoms with van der Waals surface area (Å²) in [4.78, 5) is 60.7. The van der Waals surface area contributed by atoms with E-state index < -0.39 is 34.4 Å². The molecule has 2 saturated heterocycles. The van der Waals surface area contributed by atoms with Gasteiger partial charge in [-0.2, -0.15) is 4.99 Å². The van der Waals surface area contributed by atoms with Crippen molar-refractivity contribution in [3.63, 3.8) is 0 Å². The highest BCUT2D eigenvalue weighted by atomic mass is 19.1. The fraction of sp³-hybridized carbons (Fsp3) is 0.389. The molecule has 2 aromatic heterocycles. The van der Waals surface area contributed by atoms with E-state index in [2.05, 4.69) is 4.99 Å². The van der Waals surface area contributed by atoms with Crippen LogP contribution in [0.5, 0.6) is 0 Å². The number of fused-ring (bicyclic) bond motifs is 2. The van der Waals surface area contributed by atoms with Gasteiger partial charge < -0.3 is 44.7 Å². The molecule has 15 nitrogen and oxygen atoms in total. The number of pyridine rings is 2. The second-order valence-corrected chi connectivity index (χ2v) is 14.0. The number of nitrogens with one attached hydrogen (secondary N) is 1. The number of carbonyl (C=O) groups is 2. The molecule has 2 aliphatic carbocycles. The van der Waals surface area contributed by atoms with Crippen LogP contribution in [0.4, 0.5) is 20.2 Å². The highest BCUT2D eigenvalue weighted by Gasteiger charge is 2.31. The normalized spacial score (nSPS) is 18.3. The van der Waals surface area contributed by atoms with Gasteiger partial charge in [0.25, 0.3) is 0 Å². The second kappa shape index (κ2) is 12.9. The first-order chi connectivity index (χ1) is 25.4. The maximum atomic E-state index is 15.4. The summed E-state index contributed by atoms with van der Waals surface area (Å²) < 4.78 is 34.4. The number of guanidine groups is 2. The number of aliphatic imine (C=N–C) groups is 1. The Morgan fingerprint density at radius 1 is 0.679 bits per heavy atom. The molecule has 0 unspecified atom stereocenters. The van der Waals surface area contributed by atoms with Crippen molar-refractivity contribution in [2.45, 2.75) is 37.8 Å². The highest BCUT2D eigenvalue weighted by molar-refractivity contribution is 5.95. The van der Waals surface area contributed by atoms with Gasteiger partial charge in [-0.05, 0) is 49.9 Å². The zero-order valence-corrected chi connectivity index (χ0v) is 28.6. The number of hydrogen-bond donors (Lipinski definition) is 4. The van der Waals surface area contributed by atoms with Crippen molar-refractivity contribution in [2.75, 3.05) is 62.2 Å². The molecule has 5 N–H and O–H groups in total. The molecule has 276 valence electrons. The number of hydrogen-bond acceptors (Lipinski definition) is 7. The molecule has 53 heavy (non-hydrogen) atoms. The lowest BCUT2D eigenvalue weighted by Crippen LogP contribution is -2.52. The number of rotatable bonds is 6. The molecule has 0 atom stereocenters. The predicted molar refractivity (Wildman–Crippen MR) is 194 cm³/mol. The summed E-state index contributed by atoms with van der Waals surface area (Å²) in [6.45, 7) is 2.99. The third-order valence-corrected chi connectivity index (χ3v) is 10.6. The lowest BCUT2D eigenvalue weighted by atomic mass is 10.1. The van der Waals surface area contributed by atoms with Gasteiger partial charge in [0.05, 0.1) is 22.4 Å². The van der Waals surface area contributed by atoms with Crippen LogP contribution in [0.1, 0.15) is 58.5 Å². The van der Waals surface area contributed by atoms with Gasteiger partial charge in [0.15, 0.2) is 5.96 Å². The van der Waals surface area contributed by atoms with Gasteiger partial charge in [-0.1, -0.05) is 0 Å². The summed E-state index contributed by atoms with van der Waals surface area (Å²) in [6, 6.07) is 5.58. The van der Waals surface area contributed by atoms with Crippen LogP contribution in [-0.2, 0) is 0 Å². The Morgan fingerprint density at radius 3 is 1.45 bits per heavy atom. The molecule has 2 aliphatic heterocycles. The number of anilines is 2. The molecule has 0 bridgehead atoms. The van der Waals surface area contributed by atoms with Crippen molar-refractivity contribution in [3.8, 4) is 0 Å². The number of carboxylic acids is 2. The van der Waals surface area contributed by atoms with E-state index in [4.69, 9.17) is 11.1 Å². The Balaban J connectivity index is 0.925. The molecule has 4 aliphatic rings. The molecule has 0 radical (unpaired) electrons. The van der Waals surface area contributed by atoms with Crippen LogP contribution in [0.2, 0.25) is 0 Å². The molecule has 2 aromatic carbocycles. The van der Waals surface area contributed by atoms with Crippen LogP contribution in [-0.4, -0.2) is 105 Å². The minimum absolute atomic E-state index is 0.0298. The topological polar surface area (TPSA) is 194 Å². The van der Waals surface area contributed by atoms with Crippen LogP contribution < -0.4 is 26.4 Å². The Hall–Kier alpha value is -6.00. The molecule has 17 heteroatoms. The number of aromatic nitrogens is 2. The molecule has 0 spiro atoms. The third-order valence-electron chi connectivity index (χ3n) is 10.6. The molecule has 8 rings (SSSR count). The lowest BCUT2D eigenvalue weighted by Gasteiger charge is -2.38. The molecule has 0 amide bonds. The molecule has 4 aromatic rings. The second-order valence-electron chi connectivity index (χ2n) is 14.0. The molecule has 2 saturated carbocycles. The summed E-state index contributed by atoms with van der Waals surface area (Å²) in [6.07, 6.45) is 6.08. The minimum atomic E-state index is -1.35. The van der Waals surface area contributed by atoms with E-state index in [1.54, 1.807) is 31.1 Å². The van der Waals surface area contributed by atoms with Crippen molar-refractivity contribution < 1.29 is 28.6 Å². The SMILES string of the molecule is N=C(/N=C(\N)N1CCN(c2cc3c(cc2F)c(=O)c(C(=O)O)cn3C2CC2)CC1)N1CCN(c2cc3c(cc2F)c(=O)c(C(=O)O)cn3C2CC2)CC1. The summed E-state index contributed by atoms with van der Waals surface area (Å²) >= 11 is 0. The van der Waals surface area contributed by atoms with Gasteiger partial charge >= 0.3 is 11.9 Å². The predicted octanol–water partition coefficient (Wildman–Crippen LogP) is 2.85. The lowest BCUT2D eigenvalue weighted by molar-refractivity contribution is 0.0684. The van der Waals surface area contributed by atoms with E-state index >= 15 is 8.78 Å². The first-order valence-corrected chi connectivity index (χ1v) is 17.6. The molecule has 4 heterocycles. The van der Waals surface area contributed by atoms with E-state index in [-0.39, 0.29) is 45.9 Å². The van der Waals surface area contributed by atoms with Gasteiger partial charge in [0, 0.05) is 87.6 Å². The number of benzene rings is 2. The van der Waals surface area contributed by atoms with Crippen LogP contribution >= 0.6 is 0 Å². The maximum Gasteiger partial charge on any atom is 0.341 e. The van der Waals surface area contributed by atoms with E-state index in [1.165, 1.54) is 12.4 Å². The summed E-state index contributed by atoms with van der Waals surface area (Å²) in [5.74, 6) is -3.86. The zero-order valence-electron chi connectivity index (χ0n) is 28.6. The number of carboxylic acid groups (broad SMARTS) is 2.